The van der Waals surface area contributed by atoms with Gasteiger partial charge in [0.2, 0.25) is 5.91 Å². The van der Waals surface area contributed by atoms with Gasteiger partial charge in [-0.1, -0.05) is 30.4 Å². The van der Waals surface area contributed by atoms with E-state index < -0.39 is 0 Å². The Morgan fingerprint density at radius 1 is 1.24 bits per heavy atom. The molecule has 0 bridgehead atoms. The van der Waals surface area contributed by atoms with E-state index in [2.05, 4.69) is 28.9 Å². The lowest BCUT2D eigenvalue weighted by Gasteiger charge is -2.16. The number of carbonyl (C=O) groups is 1. The Morgan fingerprint density at radius 3 is 2.76 bits per heavy atom. The van der Waals surface area contributed by atoms with E-state index >= 15 is 0 Å². The van der Waals surface area contributed by atoms with E-state index in [1.807, 2.05) is 18.2 Å². The first-order valence-corrected chi connectivity index (χ1v) is 6.13. The molecular weight excluding hydrogens is 212 g/mol. The van der Waals surface area contributed by atoms with Gasteiger partial charge in [0, 0.05) is 18.2 Å². The van der Waals surface area contributed by atoms with Crippen LogP contribution in [0.25, 0.3) is 0 Å². The quantitative estimate of drug-likeness (QED) is 0.759. The summed E-state index contributed by atoms with van der Waals surface area (Å²) in [6.07, 6.45) is 6.97. The van der Waals surface area contributed by atoms with Crippen molar-refractivity contribution in [1.82, 2.24) is 5.32 Å². The number of nitrogens with one attached hydrogen (secondary N) is 2. The largest absolute Gasteiger partial charge is 0.373 e. The van der Waals surface area contributed by atoms with Crippen molar-refractivity contribution in [3.63, 3.8) is 0 Å². The van der Waals surface area contributed by atoms with E-state index in [0.717, 1.165) is 24.9 Å². The summed E-state index contributed by atoms with van der Waals surface area (Å²) in [5.41, 5.74) is 2.33. The predicted molar refractivity (Wildman–Crippen MR) is 67.9 cm³/mol. The summed E-state index contributed by atoms with van der Waals surface area (Å²) in [5.74, 6) is 0.120. The second-order valence-corrected chi connectivity index (χ2v) is 4.71. The molecule has 17 heavy (non-hydrogen) atoms. The molecule has 0 spiro atoms. The molecule has 1 unspecified atom stereocenters. The monoisotopic (exact) mass is 228 g/mol. The Labute approximate surface area is 101 Å². The molecule has 0 aromatic heterocycles. The molecule has 1 aromatic rings. The highest BCUT2D eigenvalue weighted by Crippen LogP contribution is 2.25. The van der Waals surface area contributed by atoms with Gasteiger partial charge < -0.3 is 10.6 Å². The van der Waals surface area contributed by atoms with Gasteiger partial charge in [-0.05, 0) is 24.5 Å². The molecule has 88 valence electrons. The third kappa shape index (κ3) is 2.05. The normalized spacial score (nSPS) is 22.2. The zero-order chi connectivity index (χ0) is 11.7. The average molecular weight is 228 g/mol. The summed E-state index contributed by atoms with van der Waals surface area (Å²) >= 11 is 0. The second-order valence-electron chi connectivity index (χ2n) is 4.71. The van der Waals surface area contributed by atoms with Crippen molar-refractivity contribution in [3.8, 4) is 0 Å². The smallest absolute Gasteiger partial charge is 0.243 e. The van der Waals surface area contributed by atoms with Crippen LogP contribution in [0.5, 0.6) is 0 Å². The first kappa shape index (κ1) is 10.4. The molecule has 3 rings (SSSR count). The van der Waals surface area contributed by atoms with E-state index in [4.69, 9.17) is 0 Å². The summed E-state index contributed by atoms with van der Waals surface area (Å²) in [5, 5.41) is 6.37. The molecule has 2 N–H and O–H groups in total. The maximum Gasteiger partial charge on any atom is 0.243 e. The highest BCUT2D eigenvalue weighted by molar-refractivity contribution is 5.87. The van der Waals surface area contributed by atoms with Crippen LogP contribution in [-0.4, -0.2) is 18.0 Å². The fourth-order valence-corrected chi connectivity index (χ4v) is 2.49. The Morgan fingerprint density at radius 2 is 2.00 bits per heavy atom. The van der Waals surface area contributed by atoms with Crippen LogP contribution in [0.1, 0.15) is 18.4 Å². The van der Waals surface area contributed by atoms with Gasteiger partial charge in [-0.3, -0.25) is 4.79 Å². The molecule has 1 aliphatic heterocycles. The average Bonchev–Trinajstić information content (AvgIpc) is 2.96. The van der Waals surface area contributed by atoms with E-state index in [9.17, 15) is 4.79 Å². The van der Waals surface area contributed by atoms with Crippen LogP contribution in [-0.2, 0) is 11.2 Å². The van der Waals surface area contributed by atoms with Crippen LogP contribution in [0.4, 0.5) is 5.69 Å². The Balaban J connectivity index is 1.62. The number of para-hydroxylation sites is 1. The van der Waals surface area contributed by atoms with E-state index in [-0.39, 0.29) is 11.9 Å². The van der Waals surface area contributed by atoms with Gasteiger partial charge in [-0.15, -0.1) is 0 Å². The lowest BCUT2D eigenvalue weighted by molar-refractivity contribution is -0.122. The molecule has 1 aliphatic carbocycles. The van der Waals surface area contributed by atoms with Crippen molar-refractivity contribution in [2.24, 2.45) is 0 Å². The van der Waals surface area contributed by atoms with Crippen LogP contribution in [0, 0.1) is 0 Å². The zero-order valence-corrected chi connectivity index (χ0v) is 9.65. The van der Waals surface area contributed by atoms with Crippen LogP contribution >= 0.6 is 0 Å². The highest BCUT2D eigenvalue weighted by atomic mass is 16.2. The molecule has 3 heteroatoms. The summed E-state index contributed by atoms with van der Waals surface area (Å²) < 4.78 is 0. The van der Waals surface area contributed by atoms with Crippen LogP contribution in [0.15, 0.2) is 36.4 Å². The molecule has 1 heterocycles. The van der Waals surface area contributed by atoms with Crippen molar-refractivity contribution >= 4 is 11.6 Å². The molecule has 0 fully saturated rings. The second kappa shape index (κ2) is 4.24. The number of benzene rings is 1. The lowest BCUT2D eigenvalue weighted by Crippen LogP contribution is -2.43. The standard InChI is InChI=1S/C14H16N2O/c17-14(15-11-6-2-3-7-11)13-9-10-5-1-4-8-12(10)16-13/h1-5,8,11,13,16H,6-7,9H2,(H,15,17). The molecule has 1 atom stereocenters. The molecule has 1 amide bonds. The minimum atomic E-state index is -0.104. The summed E-state index contributed by atoms with van der Waals surface area (Å²) in [7, 11) is 0. The summed E-state index contributed by atoms with van der Waals surface area (Å²) in [4.78, 5) is 12.1. The SMILES string of the molecule is O=C(NC1CC=CC1)C1Cc2ccccc2N1. The molecule has 0 saturated carbocycles. The van der Waals surface area contributed by atoms with Gasteiger partial charge in [0.1, 0.15) is 6.04 Å². The van der Waals surface area contributed by atoms with Gasteiger partial charge in [0.15, 0.2) is 0 Å². The Bertz CT molecular complexity index is 434. The molecule has 0 radical (unpaired) electrons. The molecule has 3 nitrogen and oxygen atoms in total. The minimum absolute atomic E-state index is 0.104. The van der Waals surface area contributed by atoms with Gasteiger partial charge >= 0.3 is 0 Å². The predicted octanol–water partition coefficient (Wildman–Crippen LogP) is 1.86. The van der Waals surface area contributed by atoms with Crippen LogP contribution in [0.3, 0.4) is 0 Å². The van der Waals surface area contributed by atoms with Crippen molar-refractivity contribution in [1.29, 1.82) is 0 Å². The molecule has 0 saturated heterocycles. The molecular formula is C14H16N2O. The number of hydrogen-bond donors (Lipinski definition) is 2. The molecule has 2 aliphatic rings. The van der Waals surface area contributed by atoms with Gasteiger partial charge in [0.05, 0.1) is 0 Å². The van der Waals surface area contributed by atoms with Crippen molar-refractivity contribution < 1.29 is 4.79 Å². The van der Waals surface area contributed by atoms with E-state index in [1.165, 1.54) is 5.56 Å². The number of anilines is 1. The number of amides is 1. The van der Waals surface area contributed by atoms with Gasteiger partial charge in [0.25, 0.3) is 0 Å². The lowest BCUT2D eigenvalue weighted by atomic mass is 10.1. The topological polar surface area (TPSA) is 41.1 Å². The van der Waals surface area contributed by atoms with Crippen molar-refractivity contribution in [2.75, 3.05) is 5.32 Å². The first-order valence-electron chi connectivity index (χ1n) is 6.13. The number of hydrogen-bond acceptors (Lipinski definition) is 2. The van der Waals surface area contributed by atoms with Gasteiger partial charge in [-0.25, -0.2) is 0 Å². The first-order chi connectivity index (χ1) is 8.33. The van der Waals surface area contributed by atoms with E-state index in [1.54, 1.807) is 0 Å². The number of carbonyl (C=O) groups excluding carboxylic acids is 1. The maximum absolute atomic E-state index is 12.1. The van der Waals surface area contributed by atoms with Crippen molar-refractivity contribution in [2.45, 2.75) is 31.3 Å². The fraction of sp³-hybridized carbons (Fsp3) is 0.357. The maximum atomic E-state index is 12.1. The Kier molecular flexibility index (Phi) is 2.59. The van der Waals surface area contributed by atoms with Gasteiger partial charge in [-0.2, -0.15) is 0 Å². The summed E-state index contributed by atoms with van der Waals surface area (Å²) in [6, 6.07) is 8.31. The summed E-state index contributed by atoms with van der Waals surface area (Å²) in [6.45, 7) is 0. The zero-order valence-electron chi connectivity index (χ0n) is 9.65. The highest BCUT2D eigenvalue weighted by Gasteiger charge is 2.27. The van der Waals surface area contributed by atoms with E-state index in [0.29, 0.717) is 6.04 Å². The fourth-order valence-electron chi connectivity index (χ4n) is 2.49. The van der Waals surface area contributed by atoms with Crippen LogP contribution in [0.2, 0.25) is 0 Å². The van der Waals surface area contributed by atoms with Crippen molar-refractivity contribution in [3.05, 3.63) is 42.0 Å². The number of fused-ring (bicyclic) bond motifs is 1. The number of rotatable bonds is 2. The third-order valence-electron chi connectivity index (χ3n) is 3.44. The Hall–Kier alpha value is -1.77. The third-order valence-corrected chi connectivity index (χ3v) is 3.44. The molecule has 1 aromatic carbocycles. The van der Waals surface area contributed by atoms with Crippen LogP contribution < -0.4 is 10.6 Å². The minimum Gasteiger partial charge on any atom is -0.373 e.